The molecule has 2 N–H and O–H groups in total. The van der Waals surface area contributed by atoms with Crippen LogP contribution >= 0.6 is 0 Å². The average Bonchev–Trinajstić information content (AvgIpc) is 2.93. The Hall–Kier alpha value is -1.81. The van der Waals surface area contributed by atoms with Gasteiger partial charge < -0.3 is 15.2 Å². The lowest BCUT2D eigenvalue weighted by atomic mass is 10.0. The Morgan fingerprint density at radius 3 is 3.15 bits per heavy atom. The highest BCUT2D eigenvalue weighted by molar-refractivity contribution is 5.98. The monoisotopic (exact) mass is 271 g/mol. The van der Waals surface area contributed by atoms with Gasteiger partial charge in [0.1, 0.15) is 0 Å². The van der Waals surface area contributed by atoms with Gasteiger partial charge in [0, 0.05) is 35.2 Å². The molecule has 0 saturated carbocycles. The van der Waals surface area contributed by atoms with Crippen LogP contribution in [-0.4, -0.2) is 42.0 Å². The maximum absolute atomic E-state index is 12.2. The smallest absolute Gasteiger partial charge is 0.251 e. The molecule has 106 valence electrons. The number of fused-ring (bicyclic) bond motifs is 1. The molecule has 1 aromatic heterocycles. The van der Waals surface area contributed by atoms with Crippen molar-refractivity contribution in [2.45, 2.75) is 25.3 Å². The van der Waals surface area contributed by atoms with Crippen LogP contribution in [0, 0.1) is 0 Å². The number of carbonyl (C=O) groups excluding carboxylic acids is 1. The number of nitrogens with zero attached hydrogens (tertiary/aromatic N) is 1. The van der Waals surface area contributed by atoms with E-state index >= 15 is 0 Å². The van der Waals surface area contributed by atoms with Crippen LogP contribution < -0.4 is 5.32 Å². The molecule has 0 bridgehead atoms. The van der Waals surface area contributed by atoms with Gasteiger partial charge >= 0.3 is 0 Å². The fourth-order valence-electron chi connectivity index (χ4n) is 2.91. The second kappa shape index (κ2) is 5.67. The molecule has 1 unspecified atom stereocenters. The summed E-state index contributed by atoms with van der Waals surface area (Å²) in [5, 5.41) is 4.14. The van der Waals surface area contributed by atoms with E-state index in [2.05, 4.69) is 22.2 Å². The molecule has 20 heavy (non-hydrogen) atoms. The summed E-state index contributed by atoms with van der Waals surface area (Å²) >= 11 is 0. The number of benzene rings is 1. The van der Waals surface area contributed by atoms with Gasteiger partial charge in [-0.1, -0.05) is 6.42 Å². The molecule has 0 radical (unpaired) electrons. The number of carbonyl (C=O) groups is 1. The van der Waals surface area contributed by atoms with E-state index in [0.717, 1.165) is 29.6 Å². The fourth-order valence-corrected chi connectivity index (χ4v) is 2.91. The zero-order chi connectivity index (χ0) is 13.9. The minimum atomic E-state index is 0.0204. The summed E-state index contributed by atoms with van der Waals surface area (Å²) in [6.45, 7) is 1.87. The first-order valence-corrected chi connectivity index (χ1v) is 7.29. The minimum absolute atomic E-state index is 0.0204. The van der Waals surface area contributed by atoms with Gasteiger partial charge in [-0.3, -0.25) is 4.79 Å². The molecule has 1 aliphatic rings. The van der Waals surface area contributed by atoms with E-state index in [1.807, 2.05) is 30.5 Å². The van der Waals surface area contributed by atoms with Crippen LogP contribution in [-0.2, 0) is 0 Å². The third-order valence-corrected chi connectivity index (χ3v) is 4.24. The highest BCUT2D eigenvalue weighted by atomic mass is 16.1. The minimum Gasteiger partial charge on any atom is -0.361 e. The molecule has 1 aliphatic heterocycles. The lowest BCUT2D eigenvalue weighted by Crippen LogP contribution is -2.44. The summed E-state index contributed by atoms with van der Waals surface area (Å²) in [4.78, 5) is 17.7. The summed E-state index contributed by atoms with van der Waals surface area (Å²) in [6, 6.07) is 8.23. The number of rotatable bonds is 3. The van der Waals surface area contributed by atoms with Gasteiger partial charge in [0.05, 0.1) is 0 Å². The number of aromatic amines is 1. The second-order valence-corrected chi connectivity index (χ2v) is 5.62. The van der Waals surface area contributed by atoms with E-state index in [1.54, 1.807) is 0 Å². The lowest BCUT2D eigenvalue weighted by Gasteiger charge is -2.32. The first kappa shape index (κ1) is 13.2. The Balaban J connectivity index is 1.63. The van der Waals surface area contributed by atoms with Gasteiger partial charge in [-0.15, -0.1) is 0 Å². The van der Waals surface area contributed by atoms with E-state index in [4.69, 9.17) is 0 Å². The molecule has 4 nitrogen and oxygen atoms in total. The number of likely N-dealkylation sites (tertiary alicyclic amines) is 1. The molecule has 1 saturated heterocycles. The topological polar surface area (TPSA) is 48.1 Å². The van der Waals surface area contributed by atoms with Crippen molar-refractivity contribution in [3.63, 3.8) is 0 Å². The van der Waals surface area contributed by atoms with Gasteiger partial charge in [0.2, 0.25) is 0 Å². The number of hydrogen-bond donors (Lipinski definition) is 2. The van der Waals surface area contributed by atoms with E-state index in [0.29, 0.717) is 6.04 Å². The Morgan fingerprint density at radius 1 is 1.40 bits per heavy atom. The third-order valence-electron chi connectivity index (χ3n) is 4.24. The standard InChI is InChI=1S/C16H21N3O/c1-19-9-3-2-4-14(19)11-18-16(20)13-5-6-15-12(10-13)7-8-17-15/h5-8,10,14,17H,2-4,9,11H2,1H3,(H,18,20). The zero-order valence-electron chi connectivity index (χ0n) is 11.9. The fraction of sp³-hybridized carbons (Fsp3) is 0.438. The molecular weight excluding hydrogens is 250 g/mol. The van der Waals surface area contributed by atoms with Gasteiger partial charge in [0.15, 0.2) is 0 Å². The van der Waals surface area contributed by atoms with Crippen molar-refractivity contribution >= 4 is 16.8 Å². The second-order valence-electron chi connectivity index (χ2n) is 5.62. The SMILES string of the molecule is CN1CCCCC1CNC(=O)c1ccc2[nH]ccc2c1. The first-order chi connectivity index (χ1) is 9.74. The molecule has 1 amide bonds. The summed E-state index contributed by atoms with van der Waals surface area (Å²) in [5.74, 6) is 0.0204. The predicted octanol–water partition coefficient (Wildman–Crippen LogP) is 2.38. The number of likely N-dealkylation sites (N-methyl/N-ethyl adjacent to an activating group) is 1. The number of nitrogens with one attached hydrogen (secondary N) is 2. The van der Waals surface area contributed by atoms with Crippen molar-refractivity contribution in [1.29, 1.82) is 0 Å². The maximum Gasteiger partial charge on any atom is 0.251 e. The quantitative estimate of drug-likeness (QED) is 0.900. The maximum atomic E-state index is 12.2. The summed E-state index contributed by atoms with van der Waals surface area (Å²) in [5.41, 5.74) is 1.80. The van der Waals surface area contributed by atoms with Crippen molar-refractivity contribution in [3.05, 3.63) is 36.0 Å². The molecule has 4 heteroatoms. The third kappa shape index (κ3) is 2.70. The van der Waals surface area contributed by atoms with Crippen LogP contribution in [0.25, 0.3) is 10.9 Å². The highest BCUT2D eigenvalue weighted by Gasteiger charge is 2.19. The molecule has 2 heterocycles. The average molecular weight is 271 g/mol. The van der Waals surface area contributed by atoms with Crippen molar-refractivity contribution in [3.8, 4) is 0 Å². The van der Waals surface area contributed by atoms with Crippen molar-refractivity contribution < 1.29 is 4.79 Å². The molecular formula is C16H21N3O. The predicted molar refractivity (Wildman–Crippen MR) is 80.9 cm³/mol. The Bertz CT molecular complexity index is 605. The molecule has 1 aromatic carbocycles. The molecule has 3 rings (SSSR count). The zero-order valence-corrected chi connectivity index (χ0v) is 11.9. The van der Waals surface area contributed by atoms with E-state index in [1.165, 1.54) is 19.3 Å². The number of piperidine rings is 1. The summed E-state index contributed by atoms with van der Waals surface area (Å²) in [7, 11) is 2.14. The Labute approximate surface area is 119 Å². The van der Waals surface area contributed by atoms with Gasteiger partial charge in [-0.05, 0) is 50.7 Å². The number of hydrogen-bond acceptors (Lipinski definition) is 2. The van der Waals surface area contributed by atoms with E-state index < -0.39 is 0 Å². The van der Waals surface area contributed by atoms with Crippen LogP contribution in [0.15, 0.2) is 30.5 Å². The van der Waals surface area contributed by atoms with Crippen LogP contribution in [0.3, 0.4) is 0 Å². The van der Waals surface area contributed by atoms with Crippen molar-refractivity contribution in [2.75, 3.05) is 20.1 Å². The molecule has 2 aromatic rings. The van der Waals surface area contributed by atoms with Crippen LogP contribution in [0.2, 0.25) is 0 Å². The van der Waals surface area contributed by atoms with Gasteiger partial charge in [0.25, 0.3) is 5.91 Å². The van der Waals surface area contributed by atoms with Crippen LogP contribution in [0.1, 0.15) is 29.6 Å². The Morgan fingerprint density at radius 2 is 2.30 bits per heavy atom. The first-order valence-electron chi connectivity index (χ1n) is 7.29. The van der Waals surface area contributed by atoms with Gasteiger partial charge in [-0.2, -0.15) is 0 Å². The molecule has 1 fully saturated rings. The highest BCUT2D eigenvalue weighted by Crippen LogP contribution is 2.16. The molecule has 0 aliphatic carbocycles. The van der Waals surface area contributed by atoms with E-state index in [-0.39, 0.29) is 5.91 Å². The van der Waals surface area contributed by atoms with Crippen molar-refractivity contribution in [2.24, 2.45) is 0 Å². The summed E-state index contributed by atoms with van der Waals surface area (Å²) < 4.78 is 0. The van der Waals surface area contributed by atoms with Gasteiger partial charge in [-0.25, -0.2) is 0 Å². The van der Waals surface area contributed by atoms with E-state index in [9.17, 15) is 4.79 Å². The number of H-pyrrole nitrogens is 1. The number of amides is 1. The van der Waals surface area contributed by atoms with Crippen LogP contribution in [0.5, 0.6) is 0 Å². The number of aromatic nitrogens is 1. The van der Waals surface area contributed by atoms with Crippen LogP contribution in [0.4, 0.5) is 0 Å². The molecule has 0 spiro atoms. The van der Waals surface area contributed by atoms with Crippen molar-refractivity contribution in [1.82, 2.24) is 15.2 Å². The molecule has 1 atom stereocenters. The normalized spacial score (nSPS) is 20.1. The largest absolute Gasteiger partial charge is 0.361 e. The Kier molecular flexibility index (Phi) is 3.74. The lowest BCUT2D eigenvalue weighted by molar-refractivity contribution is 0.0928. The summed E-state index contributed by atoms with van der Waals surface area (Å²) in [6.07, 6.45) is 5.60.